The number of carbonyl (C=O) groups is 1. The van der Waals surface area contributed by atoms with E-state index in [0.29, 0.717) is 38.1 Å². The molecule has 148 valence electrons. The van der Waals surface area contributed by atoms with Gasteiger partial charge >= 0.3 is 0 Å². The molecular weight excluding hydrogens is 364 g/mol. The molecule has 0 saturated carbocycles. The molecule has 2 N–H and O–H groups in total. The van der Waals surface area contributed by atoms with E-state index < -0.39 is 0 Å². The quantitative estimate of drug-likeness (QED) is 0.658. The van der Waals surface area contributed by atoms with Gasteiger partial charge in [0.25, 0.3) is 5.56 Å². The number of rotatable bonds is 5. The molecule has 2 aromatic heterocycles. The maximum absolute atomic E-state index is 12.6. The van der Waals surface area contributed by atoms with Crippen molar-refractivity contribution >= 4 is 5.91 Å². The van der Waals surface area contributed by atoms with Crippen molar-refractivity contribution < 1.29 is 4.79 Å². The summed E-state index contributed by atoms with van der Waals surface area (Å²) < 4.78 is 0. The molecule has 1 aliphatic carbocycles. The highest BCUT2D eigenvalue weighted by Gasteiger charge is 2.25. The van der Waals surface area contributed by atoms with E-state index in [4.69, 9.17) is 4.98 Å². The lowest BCUT2D eigenvalue weighted by molar-refractivity contribution is -0.125. The maximum Gasteiger partial charge on any atom is 0.254 e. The highest BCUT2D eigenvalue weighted by molar-refractivity contribution is 5.78. The van der Waals surface area contributed by atoms with Crippen LogP contribution in [0.2, 0.25) is 0 Å². The first-order valence-electron chi connectivity index (χ1n) is 10.0. The molecule has 1 aromatic carbocycles. The molecule has 2 heterocycles. The number of nitrogens with zero attached hydrogens (tertiary/aromatic N) is 2. The van der Waals surface area contributed by atoms with Gasteiger partial charge in [-0.2, -0.15) is 0 Å². The number of hydrogen-bond acceptors (Lipinski definition) is 4. The Bertz CT molecular complexity index is 1030. The van der Waals surface area contributed by atoms with Gasteiger partial charge in [0.05, 0.1) is 5.69 Å². The molecule has 1 atom stereocenters. The van der Waals surface area contributed by atoms with E-state index in [0.717, 1.165) is 28.8 Å². The number of hydrogen-bond donors (Lipinski definition) is 2. The van der Waals surface area contributed by atoms with Gasteiger partial charge < -0.3 is 10.3 Å². The fraction of sp³-hybridized carbons (Fsp3) is 0.304. The Morgan fingerprint density at radius 1 is 1.07 bits per heavy atom. The molecule has 1 amide bonds. The Labute approximate surface area is 169 Å². The second-order valence-corrected chi connectivity index (χ2v) is 7.38. The molecule has 4 rings (SSSR count). The Balaban J connectivity index is 1.40. The van der Waals surface area contributed by atoms with Crippen molar-refractivity contribution in [1.29, 1.82) is 0 Å². The molecule has 1 unspecified atom stereocenters. The van der Waals surface area contributed by atoms with Crippen LogP contribution in [-0.4, -0.2) is 27.4 Å². The van der Waals surface area contributed by atoms with E-state index in [1.54, 1.807) is 12.4 Å². The summed E-state index contributed by atoms with van der Waals surface area (Å²) in [5.41, 5.74) is 3.49. The van der Waals surface area contributed by atoms with Crippen molar-refractivity contribution in [3.63, 3.8) is 0 Å². The zero-order valence-corrected chi connectivity index (χ0v) is 16.2. The Hall–Kier alpha value is -3.28. The van der Waals surface area contributed by atoms with Crippen LogP contribution in [0.1, 0.15) is 29.7 Å². The number of benzene rings is 1. The fourth-order valence-corrected chi connectivity index (χ4v) is 3.80. The zero-order valence-electron chi connectivity index (χ0n) is 16.2. The van der Waals surface area contributed by atoms with Crippen molar-refractivity contribution in [3.8, 4) is 11.4 Å². The van der Waals surface area contributed by atoms with E-state index >= 15 is 0 Å². The van der Waals surface area contributed by atoms with Crippen LogP contribution in [0, 0.1) is 5.92 Å². The molecule has 0 bridgehead atoms. The number of nitrogens with one attached hydrogen (secondary N) is 2. The molecule has 0 radical (unpaired) electrons. The molecular formula is C23H24N4O2. The second kappa shape index (κ2) is 8.82. The van der Waals surface area contributed by atoms with E-state index in [1.165, 1.54) is 0 Å². The lowest BCUT2D eigenvalue weighted by Gasteiger charge is -2.14. The van der Waals surface area contributed by atoms with Crippen LogP contribution in [0.5, 0.6) is 0 Å². The number of aromatic amines is 1. The van der Waals surface area contributed by atoms with E-state index in [9.17, 15) is 9.59 Å². The van der Waals surface area contributed by atoms with Crippen molar-refractivity contribution in [2.75, 3.05) is 6.54 Å². The predicted molar refractivity (Wildman–Crippen MR) is 111 cm³/mol. The first-order valence-corrected chi connectivity index (χ1v) is 10.0. The molecule has 6 nitrogen and oxygen atoms in total. The molecule has 6 heteroatoms. The lowest BCUT2D eigenvalue weighted by Crippen LogP contribution is -2.32. The first kappa shape index (κ1) is 19.1. The molecule has 1 aliphatic rings. The third kappa shape index (κ3) is 4.59. The average Bonchev–Trinajstić information content (AvgIpc) is 2.98. The van der Waals surface area contributed by atoms with Gasteiger partial charge in [-0.15, -0.1) is 0 Å². The number of carbonyl (C=O) groups excluding carboxylic acids is 1. The normalized spacial score (nSPS) is 15.9. The number of pyridine rings is 1. The Morgan fingerprint density at radius 2 is 1.83 bits per heavy atom. The summed E-state index contributed by atoms with van der Waals surface area (Å²) in [4.78, 5) is 36.9. The van der Waals surface area contributed by atoms with Gasteiger partial charge in [-0.05, 0) is 49.8 Å². The minimum atomic E-state index is -0.0961. The van der Waals surface area contributed by atoms with Crippen LogP contribution in [-0.2, 0) is 24.1 Å². The molecule has 0 spiro atoms. The fourth-order valence-electron chi connectivity index (χ4n) is 3.80. The lowest BCUT2D eigenvalue weighted by atomic mass is 9.98. The van der Waals surface area contributed by atoms with Crippen molar-refractivity contribution in [2.45, 2.75) is 32.1 Å². The van der Waals surface area contributed by atoms with E-state index in [-0.39, 0.29) is 17.4 Å². The van der Waals surface area contributed by atoms with Gasteiger partial charge in [0, 0.05) is 36.0 Å². The third-order valence-electron chi connectivity index (χ3n) is 5.45. The van der Waals surface area contributed by atoms with Gasteiger partial charge in [-0.25, -0.2) is 4.98 Å². The summed E-state index contributed by atoms with van der Waals surface area (Å²) in [6, 6.07) is 13.6. The topological polar surface area (TPSA) is 87.7 Å². The molecule has 29 heavy (non-hydrogen) atoms. The summed E-state index contributed by atoms with van der Waals surface area (Å²) in [6.45, 7) is 0.600. The molecule has 0 fully saturated rings. The standard InChI is InChI=1S/C23H24N4O2/c28-22(25-15-12-16-10-13-24-14-11-16)18-6-8-19-20(9-7-18)26-21(27-23(19)29)17-4-2-1-3-5-17/h1-5,10-11,13-14,18H,6-9,12,15H2,(H,25,28)(H,26,27,29). The van der Waals surface area contributed by atoms with Gasteiger partial charge in [0.15, 0.2) is 0 Å². The summed E-state index contributed by atoms with van der Waals surface area (Å²) in [7, 11) is 0. The van der Waals surface area contributed by atoms with Crippen LogP contribution in [0.4, 0.5) is 0 Å². The third-order valence-corrected chi connectivity index (χ3v) is 5.45. The van der Waals surface area contributed by atoms with Gasteiger partial charge in [0.1, 0.15) is 5.82 Å². The minimum absolute atomic E-state index is 0.0616. The maximum atomic E-state index is 12.6. The summed E-state index contributed by atoms with van der Waals surface area (Å²) in [5.74, 6) is 0.558. The SMILES string of the molecule is O=C(NCCc1ccncc1)C1CCc2nc(-c3ccccc3)[nH]c(=O)c2CC1. The summed E-state index contributed by atoms with van der Waals surface area (Å²) in [6.07, 6.45) is 6.89. The van der Waals surface area contributed by atoms with Crippen molar-refractivity contribution in [1.82, 2.24) is 20.3 Å². The monoisotopic (exact) mass is 388 g/mol. The minimum Gasteiger partial charge on any atom is -0.356 e. The van der Waals surface area contributed by atoms with Gasteiger partial charge in [0.2, 0.25) is 5.91 Å². The highest BCUT2D eigenvalue weighted by atomic mass is 16.2. The Morgan fingerprint density at radius 3 is 2.62 bits per heavy atom. The predicted octanol–water partition coefficient (Wildman–Crippen LogP) is 2.69. The van der Waals surface area contributed by atoms with Gasteiger partial charge in [-0.1, -0.05) is 30.3 Å². The van der Waals surface area contributed by atoms with Crippen LogP contribution in [0.3, 0.4) is 0 Å². The Kier molecular flexibility index (Phi) is 5.79. The zero-order chi connectivity index (χ0) is 20.1. The number of aryl methyl sites for hydroxylation is 1. The molecule has 3 aromatic rings. The first-order chi connectivity index (χ1) is 14.2. The van der Waals surface area contributed by atoms with E-state index in [1.807, 2.05) is 42.5 Å². The van der Waals surface area contributed by atoms with Crippen LogP contribution in [0.25, 0.3) is 11.4 Å². The van der Waals surface area contributed by atoms with Crippen molar-refractivity contribution in [2.24, 2.45) is 5.92 Å². The molecule has 0 saturated heterocycles. The van der Waals surface area contributed by atoms with Crippen LogP contribution >= 0.6 is 0 Å². The van der Waals surface area contributed by atoms with Crippen molar-refractivity contribution in [3.05, 3.63) is 82.0 Å². The number of H-pyrrole nitrogens is 1. The average molecular weight is 388 g/mol. The second-order valence-electron chi connectivity index (χ2n) is 7.38. The summed E-state index contributed by atoms with van der Waals surface area (Å²) in [5, 5.41) is 3.04. The van der Waals surface area contributed by atoms with E-state index in [2.05, 4.69) is 15.3 Å². The number of amides is 1. The van der Waals surface area contributed by atoms with Gasteiger partial charge in [-0.3, -0.25) is 14.6 Å². The highest BCUT2D eigenvalue weighted by Crippen LogP contribution is 2.23. The number of fused-ring (bicyclic) bond motifs is 1. The summed E-state index contributed by atoms with van der Waals surface area (Å²) >= 11 is 0. The number of aromatic nitrogens is 3. The molecule has 0 aliphatic heterocycles. The smallest absolute Gasteiger partial charge is 0.254 e. The van der Waals surface area contributed by atoms with Crippen LogP contribution in [0.15, 0.2) is 59.7 Å². The largest absolute Gasteiger partial charge is 0.356 e. The van der Waals surface area contributed by atoms with Crippen LogP contribution < -0.4 is 10.9 Å².